The van der Waals surface area contributed by atoms with Crippen molar-refractivity contribution in [3.8, 4) is 0 Å². The topological polar surface area (TPSA) is 86.8 Å². The molecule has 1 aromatic rings. The van der Waals surface area contributed by atoms with Crippen LogP contribution in [0.25, 0.3) is 0 Å². The van der Waals surface area contributed by atoms with Crippen molar-refractivity contribution in [2.75, 3.05) is 6.54 Å². The van der Waals surface area contributed by atoms with Gasteiger partial charge in [0.05, 0.1) is 11.8 Å². The monoisotopic (exact) mass is 439 g/mol. The maximum absolute atomic E-state index is 13.2. The Morgan fingerprint density at radius 2 is 1.72 bits per heavy atom. The van der Waals surface area contributed by atoms with E-state index < -0.39 is 6.04 Å². The van der Waals surface area contributed by atoms with E-state index in [4.69, 9.17) is 0 Å². The Balaban J connectivity index is 1.72. The lowest BCUT2D eigenvalue weighted by Gasteiger charge is -2.30. The van der Waals surface area contributed by atoms with Crippen LogP contribution in [0.1, 0.15) is 51.2 Å². The van der Waals surface area contributed by atoms with Gasteiger partial charge in [-0.3, -0.25) is 24.1 Å². The molecule has 2 aliphatic rings. The summed E-state index contributed by atoms with van der Waals surface area (Å²) in [7, 11) is 0. The molecular weight excluding hydrogens is 406 g/mol. The van der Waals surface area contributed by atoms with Gasteiger partial charge in [-0.25, -0.2) is 0 Å². The highest BCUT2D eigenvalue weighted by atomic mass is 16.2. The Hall–Kier alpha value is -2.96. The zero-order valence-corrected chi connectivity index (χ0v) is 19.3. The third-order valence-corrected chi connectivity index (χ3v) is 6.18. The summed E-state index contributed by atoms with van der Waals surface area (Å²) in [5.74, 6) is -1.47. The lowest BCUT2D eigenvalue weighted by atomic mass is 9.85. The van der Waals surface area contributed by atoms with Crippen LogP contribution in [0, 0.1) is 18.8 Å². The van der Waals surface area contributed by atoms with Gasteiger partial charge in [0.2, 0.25) is 23.6 Å². The van der Waals surface area contributed by atoms with Crippen LogP contribution in [-0.2, 0) is 25.7 Å². The van der Waals surface area contributed by atoms with Gasteiger partial charge in [0.25, 0.3) is 0 Å². The molecule has 172 valence electrons. The smallest absolute Gasteiger partial charge is 0.242 e. The number of amides is 4. The second-order valence-electron chi connectivity index (χ2n) is 9.08. The van der Waals surface area contributed by atoms with Crippen molar-refractivity contribution in [1.82, 2.24) is 15.1 Å². The lowest BCUT2D eigenvalue weighted by molar-refractivity contribution is -0.143. The maximum Gasteiger partial charge on any atom is 0.242 e. The summed E-state index contributed by atoms with van der Waals surface area (Å²) in [6.45, 7) is 7.75. The van der Waals surface area contributed by atoms with Gasteiger partial charge >= 0.3 is 0 Å². The first-order valence-corrected chi connectivity index (χ1v) is 11.3. The van der Waals surface area contributed by atoms with Crippen LogP contribution in [0.4, 0.5) is 0 Å². The Morgan fingerprint density at radius 3 is 2.28 bits per heavy atom. The van der Waals surface area contributed by atoms with Crippen LogP contribution in [0.2, 0.25) is 0 Å². The normalized spacial score (nSPS) is 21.0. The molecule has 0 spiro atoms. The molecule has 7 nitrogen and oxygen atoms in total. The second kappa shape index (κ2) is 10.1. The molecule has 1 aliphatic carbocycles. The van der Waals surface area contributed by atoms with Gasteiger partial charge in [0.1, 0.15) is 6.04 Å². The molecule has 3 atom stereocenters. The van der Waals surface area contributed by atoms with Crippen LogP contribution in [0.5, 0.6) is 0 Å². The van der Waals surface area contributed by atoms with E-state index in [1.807, 2.05) is 57.2 Å². The van der Waals surface area contributed by atoms with Crippen LogP contribution >= 0.6 is 0 Å². The summed E-state index contributed by atoms with van der Waals surface area (Å²) >= 11 is 0. The molecule has 1 saturated heterocycles. The number of carbonyl (C=O) groups excluding carboxylic acids is 4. The fraction of sp³-hybridized carbons (Fsp3) is 0.520. The molecule has 1 aromatic carbocycles. The second-order valence-corrected chi connectivity index (χ2v) is 9.08. The van der Waals surface area contributed by atoms with Crippen molar-refractivity contribution in [3.63, 3.8) is 0 Å². The Labute approximate surface area is 189 Å². The Kier molecular flexibility index (Phi) is 7.48. The van der Waals surface area contributed by atoms with E-state index in [0.717, 1.165) is 11.1 Å². The highest BCUT2D eigenvalue weighted by Crippen LogP contribution is 2.35. The number of nitrogens with zero attached hydrogens (tertiary/aromatic N) is 2. The minimum Gasteiger partial charge on any atom is -0.352 e. The fourth-order valence-electron chi connectivity index (χ4n) is 4.44. The highest BCUT2D eigenvalue weighted by molar-refractivity contribution is 6.05. The van der Waals surface area contributed by atoms with Gasteiger partial charge in [0.15, 0.2) is 0 Å². The number of fused-ring (bicyclic) bond motifs is 1. The zero-order chi connectivity index (χ0) is 23.4. The van der Waals surface area contributed by atoms with Crippen molar-refractivity contribution in [2.45, 2.75) is 65.6 Å². The number of rotatable bonds is 8. The van der Waals surface area contributed by atoms with Crippen molar-refractivity contribution < 1.29 is 19.2 Å². The van der Waals surface area contributed by atoms with Gasteiger partial charge in [-0.05, 0) is 46.1 Å². The summed E-state index contributed by atoms with van der Waals surface area (Å²) < 4.78 is 0. The number of allylic oxidation sites excluding steroid dienone is 2. The van der Waals surface area contributed by atoms with Crippen molar-refractivity contribution in [2.24, 2.45) is 11.8 Å². The van der Waals surface area contributed by atoms with E-state index in [-0.39, 0.29) is 61.0 Å². The predicted molar refractivity (Wildman–Crippen MR) is 121 cm³/mol. The van der Waals surface area contributed by atoms with E-state index in [1.165, 1.54) is 9.80 Å². The average Bonchev–Trinajstić information content (AvgIpc) is 2.99. The lowest BCUT2D eigenvalue weighted by Crippen LogP contribution is -2.49. The minimum atomic E-state index is -0.679. The van der Waals surface area contributed by atoms with Crippen molar-refractivity contribution >= 4 is 23.6 Å². The standard InChI is InChI=1S/C25H33N3O4/c1-16(2)26-23(30)18(4)28(15-19-9-7-8-17(3)14-19)22(29)12-13-27-24(31)20-10-5-6-11-21(20)25(27)32/h5-9,14,16,18,20-21H,10-13,15H2,1-4H3,(H,26,30)/t18?,20-,21+. The van der Waals surface area contributed by atoms with E-state index in [9.17, 15) is 19.2 Å². The van der Waals surface area contributed by atoms with E-state index in [0.29, 0.717) is 12.8 Å². The molecule has 0 bridgehead atoms. The molecule has 1 aliphatic heterocycles. The number of benzene rings is 1. The number of likely N-dealkylation sites (tertiary alicyclic amines) is 1. The molecule has 1 heterocycles. The molecule has 0 saturated carbocycles. The van der Waals surface area contributed by atoms with Crippen molar-refractivity contribution in [3.05, 3.63) is 47.5 Å². The fourth-order valence-corrected chi connectivity index (χ4v) is 4.44. The van der Waals surface area contributed by atoms with Gasteiger partial charge in [-0.2, -0.15) is 0 Å². The molecule has 1 fully saturated rings. The number of carbonyl (C=O) groups is 4. The number of nitrogens with one attached hydrogen (secondary N) is 1. The molecule has 4 amide bonds. The third-order valence-electron chi connectivity index (χ3n) is 6.18. The van der Waals surface area contributed by atoms with E-state index in [1.54, 1.807) is 6.92 Å². The number of imide groups is 1. The number of aryl methyl sites for hydroxylation is 1. The largest absolute Gasteiger partial charge is 0.352 e. The predicted octanol–water partition coefficient (Wildman–Crippen LogP) is 2.58. The summed E-state index contributed by atoms with van der Waals surface area (Å²) in [6, 6.07) is 7.08. The van der Waals surface area contributed by atoms with Crippen LogP contribution in [0.3, 0.4) is 0 Å². The van der Waals surface area contributed by atoms with E-state index >= 15 is 0 Å². The number of hydrogen-bond donors (Lipinski definition) is 1. The zero-order valence-electron chi connectivity index (χ0n) is 19.3. The molecular formula is C25H33N3O4. The van der Waals surface area contributed by atoms with Crippen LogP contribution in [0.15, 0.2) is 36.4 Å². The molecule has 32 heavy (non-hydrogen) atoms. The molecule has 3 rings (SSSR count). The summed E-state index contributed by atoms with van der Waals surface area (Å²) in [4.78, 5) is 54.1. The Bertz CT molecular complexity index is 898. The molecule has 1 unspecified atom stereocenters. The first-order valence-electron chi connectivity index (χ1n) is 11.3. The highest BCUT2D eigenvalue weighted by Gasteiger charge is 2.47. The van der Waals surface area contributed by atoms with E-state index in [2.05, 4.69) is 5.32 Å². The van der Waals surface area contributed by atoms with Crippen molar-refractivity contribution in [1.29, 1.82) is 0 Å². The van der Waals surface area contributed by atoms with Gasteiger partial charge in [-0.15, -0.1) is 0 Å². The third kappa shape index (κ3) is 5.26. The average molecular weight is 440 g/mol. The van der Waals surface area contributed by atoms with Gasteiger partial charge in [-0.1, -0.05) is 42.0 Å². The first kappa shape index (κ1) is 23.7. The Morgan fingerprint density at radius 1 is 1.09 bits per heavy atom. The minimum absolute atomic E-state index is 0.00450. The SMILES string of the molecule is Cc1cccc(CN(C(=O)CCN2C(=O)[C@H]3CC=CC[C@H]3C2=O)C(C)C(=O)NC(C)C)c1. The summed E-state index contributed by atoms with van der Waals surface area (Å²) in [5.41, 5.74) is 1.99. The number of hydrogen-bond acceptors (Lipinski definition) is 4. The van der Waals surface area contributed by atoms with Crippen LogP contribution in [-0.4, -0.2) is 52.1 Å². The summed E-state index contributed by atoms with van der Waals surface area (Å²) in [5, 5.41) is 2.86. The molecule has 0 aromatic heterocycles. The molecule has 7 heteroatoms. The first-order chi connectivity index (χ1) is 15.2. The van der Waals surface area contributed by atoms with Gasteiger partial charge < -0.3 is 10.2 Å². The van der Waals surface area contributed by atoms with Gasteiger partial charge in [0, 0.05) is 25.6 Å². The van der Waals surface area contributed by atoms with Crippen LogP contribution < -0.4 is 5.32 Å². The molecule has 1 N–H and O–H groups in total. The summed E-state index contributed by atoms with van der Waals surface area (Å²) in [6.07, 6.45) is 5.03. The quantitative estimate of drug-likeness (QED) is 0.498. The molecule has 0 radical (unpaired) electrons. The maximum atomic E-state index is 13.2.